The summed E-state index contributed by atoms with van der Waals surface area (Å²) in [5.41, 5.74) is 1.07. The summed E-state index contributed by atoms with van der Waals surface area (Å²) < 4.78 is 18.3. The molecular formula is C12H15ClFNO. The Bertz CT molecular complexity index is 353. The zero-order chi connectivity index (χ0) is 11.4. The average molecular weight is 244 g/mol. The van der Waals surface area contributed by atoms with E-state index in [1.807, 2.05) is 0 Å². The highest BCUT2D eigenvalue weighted by Gasteiger charge is 2.12. The van der Waals surface area contributed by atoms with Crippen molar-refractivity contribution in [3.05, 3.63) is 34.6 Å². The van der Waals surface area contributed by atoms with Crippen LogP contribution in [0.25, 0.3) is 0 Å². The summed E-state index contributed by atoms with van der Waals surface area (Å²) in [5.74, 6) is -0.357. The fourth-order valence-electron chi connectivity index (χ4n) is 1.84. The van der Waals surface area contributed by atoms with Gasteiger partial charge in [-0.2, -0.15) is 0 Å². The van der Waals surface area contributed by atoms with Gasteiger partial charge >= 0.3 is 0 Å². The first-order chi connectivity index (χ1) is 7.75. The molecule has 1 aliphatic rings. The fourth-order valence-corrected chi connectivity index (χ4v) is 2.04. The summed E-state index contributed by atoms with van der Waals surface area (Å²) in [6.45, 7) is 2.46. The Morgan fingerprint density at radius 3 is 3.06 bits per heavy atom. The Hall–Kier alpha value is -0.640. The minimum atomic E-state index is -0.357. The number of hydrogen-bond donors (Lipinski definition) is 1. The molecule has 0 bridgehead atoms. The molecule has 1 aromatic carbocycles. The maximum Gasteiger partial charge on any atom is 0.141 e. The molecule has 0 saturated carbocycles. The van der Waals surface area contributed by atoms with E-state index in [4.69, 9.17) is 16.3 Å². The number of halogens is 2. The van der Waals surface area contributed by atoms with E-state index < -0.39 is 0 Å². The quantitative estimate of drug-likeness (QED) is 0.880. The monoisotopic (exact) mass is 243 g/mol. The van der Waals surface area contributed by atoms with Crippen LogP contribution in [0, 0.1) is 5.82 Å². The van der Waals surface area contributed by atoms with Gasteiger partial charge in [-0.1, -0.05) is 17.7 Å². The SMILES string of the molecule is Fc1ccc(CCC2COCCN2)cc1Cl. The van der Waals surface area contributed by atoms with Gasteiger partial charge in [0, 0.05) is 12.6 Å². The molecule has 1 aromatic rings. The molecule has 1 heterocycles. The zero-order valence-corrected chi connectivity index (χ0v) is 9.77. The molecular weight excluding hydrogens is 229 g/mol. The molecule has 2 nitrogen and oxygen atoms in total. The lowest BCUT2D eigenvalue weighted by atomic mass is 10.1. The second-order valence-electron chi connectivity index (χ2n) is 4.01. The van der Waals surface area contributed by atoms with Crippen LogP contribution in [0.5, 0.6) is 0 Å². The second-order valence-corrected chi connectivity index (χ2v) is 4.42. The van der Waals surface area contributed by atoms with E-state index in [-0.39, 0.29) is 10.8 Å². The van der Waals surface area contributed by atoms with Crippen molar-refractivity contribution in [3.63, 3.8) is 0 Å². The van der Waals surface area contributed by atoms with Crippen LogP contribution in [0.1, 0.15) is 12.0 Å². The summed E-state index contributed by atoms with van der Waals surface area (Å²) >= 11 is 5.72. The standard InChI is InChI=1S/C12H15ClFNO/c13-11-7-9(2-4-12(11)14)1-3-10-8-16-6-5-15-10/h2,4,7,10,15H,1,3,5-6,8H2. The number of nitrogens with one attached hydrogen (secondary N) is 1. The van der Waals surface area contributed by atoms with Crippen molar-refractivity contribution in [1.29, 1.82) is 0 Å². The van der Waals surface area contributed by atoms with Crippen molar-refractivity contribution < 1.29 is 9.13 Å². The summed E-state index contributed by atoms with van der Waals surface area (Å²) in [4.78, 5) is 0. The van der Waals surface area contributed by atoms with Gasteiger partial charge in [-0.05, 0) is 30.5 Å². The highest BCUT2D eigenvalue weighted by Crippen LogP contribution is 2.17. The van der Waals surface area contributed by atoms with Crippen LogP contribution in [0.4, 0.5) is 4.39 Å². The molecule has 88 valence electrons. The minimum Gasteiger partial charge on any atom is -0.379 e. The molecule has 0 aliphatic carbocycles. The first kappa shape index (κ1) is 11.8. The predicted octanol–water partition coefficient (Wildman–Crippen LogP) is 2.40. The molecule has 1 atom stereocenters. The lowest BCUT2D eigenvalue weighted by molar-refractivity contribution is 0.0743. The van der Waals surface area contributed by atoms with Crippen molar-refractivity contribution in [3.8, 4) is 0 Å². The lowest BCUT2D eigenvalue weighted by Crippen LogP contribution is -2.41. The van der Waals surface area contributed by atoms with E-state index in [0.717, 1.165) is 38.2 Å². The number of aryl methyl sites for hydroxylation is 1. The van der Waals surface area contributed by atoms with E-state index in [9.17, 15) is 4.39 Å². The highest BCUT2D eigenvalue weighted by atomic mass is 35.5. The molecule has 1 fully saturated rings. The summed E-state index contributed by atoms with van der Waals surface area (Å²) in [7, 11) is 0. The smallest absolute Gasteiger partial charge is 0.141 e. The Labute approximate surface area is 99.7 Å². The van der Waals surface area contributed by atoms with Gasteiger partial charge in [-0.15, -0.1) is 0 Å². The molecule has 0 aromatic heterocycles. The topological polar surface area (TPSA) is 21.3 Å². The van der Waals surface area contributed by atoms with Crippen molar-refractivity contribution >= 4 is 11.6 Å². The van der Waals surface area contributed by atoms with Crippen molar-refractivity contribution in [2.24, 2.45) is 0 Å². The summed E-state index contributed by atoms with van der Waals surface area (Å²) in [6.07, 6.45) is 1.88. The van der Waals surface area contributed by atoms with Gasteiger partial charge < -0.3 is 10.1 Å². The van der Waals surface area contributed by atoms with E-state index in [2.05, 4.69) is 5.32 Å². The Morgan fingerprint density at radius 2 is 2.38 bits per heavy atom. The molecule has 0 amide bonds. The number of rotatable bonds is 3. The molecule has 4 heteroatoms. The van der Waals surface area contributed by atoms with Crippen LogP contribution >= 0.6 is 11.6 Å². The van der Waals surface area contributed by atoms with Gasteiger partial charge in [-0.25, -0.2) is 4.39 Å². The number of ether oxygens (including phenoxy) is 1. The maximum atomic E-state index is 12.9. The van der Waals surface area contributed by atoms with Crippen molar-refractivity contribution in [1.82, 2.24) is 5.32 Å². The van der Waals surface area contributed by atoms with E-state index in [1.165, 1.54) is 6.07 Å². The third kappa shape index (κ3) is 3.17. The molecule has 1 aliphatic heterocycles. The van der Waals surface area contributed by atoms with Gasteiger partial charge in [0.1, 0.15) is 5.82 Å². The molecule has 2 rings (SSSR count). The third-order valence-corrected chi connectivity index (χ3v) is 3.05. The first-order valence-corrected chi connectivity index (χ1v) is 5.88. The lowest BCUT2D eigenvalue weighted by Gasteiger charge is -2.23. The summed E-state index contributed by atoms with van der Waals surface area (Å²) in [6, 6.07) is 5.30. The Morgan fingerprint density at radius 1 is 1.50 bits per heavy atom. The molecule has 1 saturated heterocycles. The maximum absolute atomic E-state index is 12.9. The van der Waals surface area contributed by atoms with Gasteiger partial charge in [0.25, 0.3) is 0 Å². The molecule has 0 radical (unpaired) electrons. The Kier molecular flexibility index (Phi) is 4.16. The normalized spacial score (nSPS) is 21.0. The highest BCUT2D eigenvalue weighted by molar-refractivity contribution is 6.30. The Balaban J connectivity index is 1.86. The fraction of sp³-hybridized carbons (Fsp3) is 0.500. The van der Waals surface area contributed by atoms with Crippen LogP contribution < -0.4 is 5.32 Å². The average Bonchev–Trinajstić information content (AvgIpc) is 2.32. The largest absolute Gasteiger partial charge is 0.379 e. The third-order valence-electron chi connectivity index (χ3n) is 2.76. The molecule has 1 N–H and O–H groups in total. The van der Waals surface area contributed by atoms with Gasteiger partial charge in [0.2, 0.25) is 0 Å². The van der Waals surface area contributed by atoms with Gasteiger partial charge in [0.15, 0.2) is 0 Å². The van der Waals surface area contributed by atoms with Crippen LogP contribution in [0.3, 0.4) is 0 Å². The van der Waals surface area contributed by atoms with Crippen LogP contribution in [0.15, 0.2) is 18.2 Å². The van der Waals surface area contributed by atoms with Crippen LogP contribution in [-0.4, -0.2) is 25.8 Å². The van der Waals surface area contributed by atoms with E-state index in [0.29, 0.717) is 6.04 Å². The van der Waals surface area contributed by atoms with E-state index in [1.54, 1.807) is 12.1 Å². The first-order valence-electron chi connectivity index (χ1n) is 5.51. The number of morpholine rings is 1. The van der Waals surface area contributed by atoms with E-state index >= 15 is 0 Å². The number of hydrogen-bond acceptors (Lipinski definition) is 2. The molecule has 16 heavy (non-hydrogen) atoms. The molecule has 1 unspecified atom stereocenters. The molecule has 0 spiro atoms. The van der Waals surface area contributed by atoms with Crippen molar-refractivity contribution in [2.75, 3.05) is 19.8 Å². The van der Waals surface area contributed by atoms with Gasteiger partial charge in [0.05, 0.1) is 18.2 Å². The van der Waals surface area contributed by atoms with Crippen LogP contribution in [-0.2, 0) is 11.2 Å². The summed E-state index contributed by atoms with van der Waals surface area (Å²) in [5, 5.41) is 3.58. The van der Waals surface area contributed by atoms with Crippen molar-refractivity contribution in [2.45, 2.75) is 18.9 Å². The number of benzene rings is 1. The van der Waals surface area contributed by atoms with Gasteiger partial charge in [-0.3, -0.25) is 0 Å². The van der Waals surface area contributed by atoms with Crippen LogP contribution in [0.2, 0.25) is 5.02 Å². The zero-order valence-electron chi connectivity index (χ0n) is 9.01. The predicted molar refractivity (Wildman–Crippen MR) is 62.3 cm³/mol. The minimum absolute atomic E-state index is 0.199. The second kappa shape index (κ2) is 5.62.